The molecule has 1 amide bonds. The molecule has 2 aromatic carbocycles. The van der Waals surface area contributed by atoms with E-state index in [0.29, 0.717) is 24.2 Å². The van der Waals surface area contributed by atoms with Crippen LogP contribution in [0.5, 0.6) is 11.6 Å². The normalized spacial score (nSPS) is 12.4. The van der Waals surface area contributed by atoms with Crippen LogP contribution in [0.15, 0.2) is 41.3 Å². The van der Waals surface area contributed by atoms with Crippen LogP contribution in [-0.4, -0.2) is 41.6 Å². The van der Waals surface area contributed by atoms with E-state index in [2.05, 4.69) is 15.1 Å². The number of benzene rings is 2. The number of aryl methyl sites for hydroxylation is 1. The lowest BCUT2D eigenvalue weighted by atomic mass is 10.1. The Labute approximate surface area is 228 Å². The Morgan fingerprint density at radius 2 is 1.82 bits per heavy atom. The van der Waals surface area contributed by atoms with Crippen LogP contribution >= 0.6 is 0 Å². The molecule has 39 heavy (non-hydrogen) atoms. The summed E-state index contributed by atoms with van der Waals surface area (Å²) in [6, 6.07) is 8.55. The van der Waals surface area contributed by atoms with Gasteiger partial charge in [-0.2, -0.15) is 9.78 Å². The molecule has 0 bridgehead atoms. The number of carbonyl (C=O) groups is 1. The zero-order chi connectivity index (χ0) is 29.1. The second kappa shape index (κ2) is 12.0. The van der Waals surface area contributed by atoms with Crippen LogP contribution in [0.4, 0.5) is 5.69 Å². The summed E-state index contributed by atoms with van der Waals surface area (Å²) in [5.74, 6) is -0.200. The summed E-state index contributed by atoms with van der Waals surface area (Å²) >= 11 is 0. The van der Waals surface area contributed by atoms with E-state index in [4.69, 9.17) is 4.74 Å². The first-order valence-electron chi connectivity index (χ1n) is 12.7. The highest BCUT2D eigenvalue weighted by Crippen LogP contribution is 2.36. The summed E-state index contributed by atoms with van der Waals surface area (Å²) in [5.41, 5.74) is 2.60. The molecule has 2 N–H and O–H groups in total. The Morgan fingerprint density at radius 3 is 2.44 bits per heavy atom. The molecule has 0 aliphatic rings. The molecule has 210 valence electrons. The number of hydrogen-bond acceptors (Lipinski definition) is 7. The molecule has 0 saturated heterocycles. The number of sulfonamides is 1. The first-order valence-corrected chi connectivity index (χ1v) is 14.2. The van der Waals surface area contributed by atoms with Gasteiger partial charge in [0.1, 0.15) is 10.6 Å². The summed E-state index contributed by atoms with van der Waals surface area (Å²) in [5, 5.41) is 18.9. The molecule has 3 aromatic rings. The number of nitrogens with one attached hydrogen (secondary N) is 2. The summed E-state index contributed by atoms with van der Waals surface area (Å²) < 4.78 is 36.8. The fraction of sp³-hybridized carbons (Fsp3) is 0.407. The monoisotopic (exact) mass is 557 g/mol. The van der Waals surface area contributed by atoms with Gasteiger partial charge in [0, 0.05) is 30.3 Å². The van der Waals surface area contributed by atoms with Crippen molar-refractivity contribution < 1.29 is 22.9 Å². The zero-order valence-corrected chi connectivity index (χ0v) is 24.0. The van der Waals surface area contributed by atoms with Crippen molar-refractivity contribution in [1.82, 2.24) is 19.8 Å². The molecule has 11 nitrogen and oxygen atoms in total. The molecule has 1 atom stereocenters. The van der Waals surface area contributed by atoms with Crippen LogP contribution in [0.2, 0.25) is 0 Å². The van der Waals surface area contributed by atoms with Crippen molar-refractivity contribution in [2.75, 3.05) is 6.54 Å². The molecule has 1 heterocycles. The molecule has 0 aliphatic heterocycles. The van der Waals surface area contributed by atoms with E-state index in [0.717, 1.165) is 17.2 Å². The molecule has 0 spiro atoms. The molecular weight excluding hydrogens is 522 g/mol. The van der Waals surface area contributed by atoms with Crippen molar-refractivity contribution in [3.63, 3.8) is 0 Å². The van der Waals surface area contributed by atoms with E-state index >= 15 is 0 Å². The van der Waals surface area contributed by atoms with Gasteiger partial charge in [0.05, 0.1) is 10.6 Å². The molecule has 1 aromatic heterocycles. The summed E-state index contributed by atoms with van der Waals surface area (Å²) in [6.45, 7) is 13.4. The molecule has 0 unspecified atom stereocenters. The molecule has 3 rings (SSSR count). The fourth-order valence-corrected chi connectivity index (χ4v) is 5.22. The van der Waals surface area contributed by atoms with Gasteiger partial charge in [0.15, 0.2) is 5.69 Å². The highest BCUT2D eigenvalue weighted by Gasteiger charge is 2.29. The topological polar surface area (TPSA) is 145 Å². The molecule has 12 heteroatoms. The van der Waals surface area contributed by atoms with Crippen LogP contribution < -0.4 is 14.8 Å². The Bertz CT molecular complexity index is 1500. The predicted octanol–water partition coefficient (Wildman–Crippen LogP) is 4.96. The van der Waals surface area contributed by atoms with E-state index in [1.807, 2.05) is 52.8 Å². The third kappa shape index (κ3) is 6.63. The first-order chi connectivity index (χ1) is 18.3. The number of non-ortho nitro benzene ring substituents is 1. The van der Waals surface area contributed by atoms with Crippen molar-refractivity contribution in [3.8, 4) is 17.3 Å². The second-order valence-electron chi connectivity index (χ2n) is 9.93. The van der Waals surface area contributed by atoms with Crippen molar-refractivity contribution in [2.24, 2.45) is 5.92 Å². The Hall–Kier alpha value is -3.77. The van der Waals surface area contributed by atoms with Crippen molar-refractivity contribution >= 4 is 21.6 Å². The molecule has 0 aliphatic carbocycles. The standard InChI is InChI=1S/C27H35N5O6S/c1-8-18(5)30-39(36,37)24-14-21(32(34)35)12-13-23(24)38-27-20(7)25(26(33)28-15-16(2)3)29-31(27)22-11-9-10-17(4)19(22)6/h9-14,16,18,30H,8,15H2,1-7H3,(H,28,33)/t18-/m0/s1. The van der Waals surface area contributed by atoms with Crippen molar-refractivity contribution in [2.45, 2.75) is 65.8 Å². The highest BCUT2D eigenvalue weighted by atomic mass is 32.2. The number of ether oxygens (including phenoxy) is 1. The van der Waals surface area contributed by atoms with E-state index in [1.165, 1.54) is 16.8 Å². The van der Waals surface area contributed by atoms with Crippen LogP contribution in [0, 0.1) is 36.8 Å². The maximum absolute atomic E-state index is 13.3. The van der Waals surface area contributed by atoms with Crippen molar-refractivity contribution in [3.05, 3.63) is 68.9 Å². The van der Waals surface area contributed by atoms with E-state index < -0.39 is 37.5 Å². The van der Waals surface area contributed by atoms with Gasteiger partial charge in [-0.15, -0.1) is 0 Å². The number of amides is 1. The number of rotatable bonds is 11. The maximum Gasteiger partial charge on any atom is 0.272 e. The average Bonchev–Trinajstić information content (AvgIpc) is 3.19. The minimum Gasteiger partial charge on any atom is -0.437 e. The molecule has 0 fully saturated rings. The highest BCUT2D eigenvalue weighted by molar-refractivity contribution is 7.89. The van der Waals surface area contributed by atoms with Crippen molar-refractivity contribution in [1.29, 1.82) is 0 Å². The fourth-order valence-electron chi connectivity index (χ4n) is 3.75. The predicted molar refractivity (Wildman–Crippen MR) is 148 cm³/mol. The zero-order valence-electron chi connectivity index (χ0n) is 23.2. The third-order valence-electron chi connectivity index (χ3n) is 6.36. The quantitative estimate of drug-likeness (QED) is 0.250. The Balaban J connectivity index is 2.23. The largest absolute Gasteiger partial charge is 0.437 e. The lowest BCUT2D eigenvalue weighted by molar-refractivity contribution is -0.385. The van der Waals surface area contributed by atoms with E-state index in [9.17, 15) is 23.3 Å². The number of nitro benzene ring substituents is 1. The van der Waals surface area contributed by atoms with E-state index in [-0.39, 0.29) is 23.2 Å². The number of nitro groups is 1. The minimum atomic E-state index is -4.20. The summed E-state index contributed by atoms with van der Waals surface area (Å²) in [7, 11) is -4.20. The second-order valence-corrected chi connectivity index (χ2v) is 11.6. The van der Waals surface area contributed by atoms with Crippen LogP contribution in [0.25, 0.3) is 5.69 Å². The lowest BCUT2D eigenvalue weighted by Gasteiger charge is -2.17. The van der Waals surface area contributed by atoms with Gasteiger partial charge < -0.3 is 10.1 Å². The average molecular weight is 558 g/mol. The van der Waals surface area contributed by atoms with Gasteiger partial charge in [0.2, 0.25) is 15.9 Å². The SMILES string of the molecule is CC[C@H](C)NS(=O)(=O)c1cc([N+](=O)[O-])ccc1Oc1c(C)c(C(=O)NCC(C)C)nn1-c1cccc(C)c1C. The maximum atomic E-state index is 13.3. The van der Waals surface area contributed by atoms with Crippen LogP contribution in [0.1, 0.15) is 61.3 Å². The number of aromatic nitrogens is 2. The molecule has 0 saturated carbocycles. The van der Waals surface area contributed by atoms with Gasteiger partial charge in [-0.3, -0.25) is 14.9 Å². The van der Waals surface area contributed by atoms with Gasteiger partial charge in [-0.05, 0) is 63.3 Å². The van der Waals surface area contributed by atoms with Gasteiger partial charge >= 0.3 is 0 Å². The van der Waals surface area contributed by atoms with E-state index in [1.54, 1.807) is 13.8 Å². The number of carbonyl (C=O) groups excluding carboxylic acids is 1. The lowest BCUT2D eigenvalue weighted by Crippen LogP contribution is -2.32. The first kappa shape index (κ1) is 29.8. The van der Waals surface area contributed by atoms with Gasteiger partial charge in [0.25, 0.3) is 11.6 Å². The minimum absolute atomic E-state index is 0.118. The third-order valence-corrected chi connectivity index (χ3v) is 7.97. The smallest absolute Gasteiger partial charge is 0.272 e. The molecular formula is C27H35N5O6S. The summed E-state index contributed by atoms with van der Waals surface area (Å²) in [4.78, 5) is 23.5. The Kier molecular flexibility index (Phi) is 9.13. The van der Waals surface area contributed by atoms with Crippen LogP contribution in [-0.2, 0) is 10.0 Å². The summed E-state index contributed by atoms with van der Waals surface area (Å²) in [6.07, 6.45) is 0.512. The molecule has 0 radical (unpaired) electrons. The number of nitrogens with zero attached hydrogens (tertiary/aromatic N) is 3. The Morgan fingerprint density at radius 1 is 1.13 bits per heavy atom. The van der Waals surface area contributed by atoms with Crippen LogP contribution in [0.3, 0.4) is 0 Å². The number of hydrogen-bond donors (Lipinski definition) is 2. The van der Waals surface area contributed by atoms with Gasteiger partial charge in [-0.25, -0.2) is 13.1 Å². The van der Waals surface area contributed by atoms with Gasteiger partial charge in [-0.1, -0.05) is 32.9 Å².